The number of aromatic nitrogens is 1. The van der Waals surface area contributed by atoms with Crippen LogP contribution >= 0.6 is 0 Å². The van der Waals surface area contributed by atoms with Crippen LogP contribution in [0.5, 0.6) is 0 Å². The summed E-state index contributed by atoms with van der Waals surface area (Å²) in [6, 6.07) is 10.8. The van der Waals surface area contributed by atoms with Crippen LogP contribution in [0.3, 0.4) is 0 Å². The van der Waals surface area contributed by atoms with Gasteiger partial charge in [0.15, 0.2) is 11.4 Å². The Balaban J connectivity index is 1.32. The summed E-state index contributed by atoms with van der Waals surface area (Å²) >= 11 is 0. The van der Waals surface area contributed by atoms with E-state index in [1.54, 1.807) is 30.5 Å². The minimum Gasteiger partial charge on any atom is -0.463 e. The van der Waals surface area contributed by atoms with E-state index in [4.69, 9.17) is 15.2 Å². The second-order valence-corrected chi connectivity index (χ2v) is 14.6. The number of allylic oxidation sites excluding steroid dienone is 1. The molecule has 3 aliphatic carbocycles. The molecule has 3 fully saturated rings. The number of ketones is 2. The molecule has 1 aromatic carbocycles. The maximum atomic E-state index is 14.3. The summed E-state index contributed by atoms with van der Waals surface area (Å²) in [6.07, 6.45) is 11.7. The van der Waals surface area contributed by atoms with Crippen molar-refractivity contribution < 1.29 is 29.0 Å². The Bertz CT molecular complexity index is 1580. The van der Waals surface area contributed by atoms with E-state index in [1.807, 2.05) is 19.1 Å². The number of ether oxygens (including phenoxy) is 2. The summed E-state index contributed by atoms with van der Waals surface area (Å²) in [5.41, 5.74) is 5.11. The fourth-order valence-corrected chi connectivity index (χ4v) is 9.08. The van der Waals surface area contributed by atoms with Gasteiger partial charge in [-0.05, 0) is 86.6 Å². The molecule has 9 heteroatoms. The molecule has 0 spiro atoms. The molecule has 1 aliphatic heterocycles. The highest BCUT2D eigenvalue weighted by Crippen LogP contribution is 2.60. The molecule has 6 rings (SSSR count). The third-order valence-corrected chi connectivity index (χ3v) is 11.9. The molecule has 0 amide bonds. The van der Waals surface area contributed by atoms with Gasteiger partial charge in [-0.25, -0.2) is 9.78 Å². The molecular weight excluding hydrogens is 606 g/mol. The number of epoxide rings is 1. The number of pyridine rings is 1. The molecule has 9 nitrogen and oxygen atoms in total. The molecule has 0 bridgehead atoms. The smallest absolute Gasteiger partial charge is 0.350 e. The number of nitrogens with zero attached hydrogens (tertiary/aromatic N) is 1. The number of anilines is 1. The van der Waals surface area contributed by atoms with E-state index in [0.29, 0.717) is 23.7 Å². The zero-order valence-corrected chi connectivity index (χ0v) is 28.7. The highest BCUT2D eigenvalue weighted by Gasteiger charge is 2.85. The van der Waals surface area contributed by atoms with Gasteiger partial charge >= 0.3 is 5.97 Å². The minimum atomic E-state index is -2.08. The predicted molar refractivity (Wildman–Crippen MR) is 184 cm³/mol. The Hall–Kier alpha value is -3.40. The van der Waals surface area contributed by atoms with Crippen LogP contribution in [0.2, 0.25) is 0 Å². The average Bonchev–Trinajstić information content (AvgIpc) is 3.81. The minimum absolute atomic E-state index is 0.0702. The second-order valence-electron chi connectivity index (χ2n) is 14.6. The first-order valence-electron chi connectivity index (χ1n) is 17.9. The van der Waals surface area contributed by atoms with Crippen molar-refractivity contribution >= 4 is 23.4 Å². The summed E-state index contributed by atoms with van der Waals surface area (Å²) in [5, 5.41) is 14.3. The van der Waals surface area contributed by atoms with Gasteiger partial charge in [-0.15, -0.1) is 0 Å². The Morgan fingerprint density at radius 2 is 1.79 bits per heavy atom. The standard InChI is InChI=1S/C39H51N3O6/c1-4-26-13-14-32(41-5-2)27(19-26)24-47-36(46)39-35(45)31-12-8-7-11-30(31)34(44)38(39,48-39)22-28(23-43)25(3)21-37(16-9-6-10-17-37)29-15-18-42-33(40)20-29/h7-8,11-12,15,18,20,26-27,32,41,43H,4-6,9-10,13-14,16-17,19,21-24H2,1-3H3,(H2,40,42). The number of aliphatic hydroxyl groups excluding tert-OH is 1. The third kappa shape index (κ3) is 5.92. The van der Waals surface area contributed by atoms with Crippen molar-refractivity contribution in [2.45, 2.75) is 114 Å². The lowest BCUT2D eigenvalue weighted by Crippen LogP contribution is -2.51. The van der Waals surface area contributed by atoms with Crippen molar-refractivity contribution in [3.63, 3.8) is 0 Å². The van der Waals surface area contributed by atoms with Gasteiger partial charge in [-0.1, -0.05) is 69.4 Å². The van der Waals surface area contributed by atoms with E-state index in [1.165, 1.54) is 0 Å². The van der Waals surface area contributed by atoms with Gasteiger partial charge in [-0.2, -0.15) is 0 Å². The summed E-state index contributed by atoms with van der Waals surface area (Å²) < 4.78 is 12.2. The van der Waals surface area contributed by atoms with Crippen LogP contribution in [0, 0.1) is 11.8 Å². The number of nitrogens with one attached hydrogen (secondary N) is 1. The third-order valence-electron chi connectivity index (χ3n) is 11.9. The summed E-state index contributed by atoms with van der Waals surface area (Å²) in [7, 11) is 0. The maximum Gasteiger partial charge on any atom is 0.350 e. The summed E-state index contributed by atoms with van der Waals surface area (Å²) in [5.74, 6) is -0.656. The highest BCUT2D eigenvalue weighted by atomic mass is 16.7. The Morgan fingerprint density at radius 3 is 2.46 bits per heavy atom. The number of Topliss-reactive ketones (excluding diaryl/α,β-unsaturated/α-hetero) is 2. The van der Waals surface area contributed by atoms with Crippen LogP contribution in [0.25, 0.3) is 0 Å². The molecule has 4 N–H and O–H groups in total. The van der Waals surface area contributed by atoms with Crippen LogP contribution < -0.4 is 11.1 Å². The number of esters is 1. The van der Waals surface area contributed by atoms with Crippen LogP contribution in [0.15, 0.2) is 53.7 Å². The van der Waals surface area contributed by atoms with Gasteiger partial charge in [0.2, 0.25) is 5.78 Å². The van der Waals surface area contributed by atoms with Gasteiger partial charge in [-0.3, -0.25) is 9.59 Å². The van der Waals surface area contributed by atoms with Gasteiger partial charge in [0.25, 0.3) is 5.60 Å². The van der Waals surface area contributed by atoms with Gasteiger partial charge in [0.1, 0.15) is 5.82 Å². The van der Waals surface area contributed by atoms with Crippen LogP contribution in [0.4, 0.5) is 5.82 Å². The number of carbonyl (C=O) groups excluding carboxylic acids is 3. The number of hydrogen-bond donors (Lipinski definition) is 3. The van der Waals surface area contributed by atoms with Crippen molar-refractivity contribution in [2.75, 3.05) is 25.5 Å². The number of aliphatic hydroxyl groups is 1. The van der Waals surface area contributed by atoms with E-state index in [-0.39, 0.29) is 48.1 Å². The first kappa shape index (κ1) is 34.5. The van der Waals surface area contributed by atoms with Gasteiger partial charge in [0.05, 0.1) is 13.2 Å². The molecule has 5 atom stereocenters. The van der Waals surface area contributed by atoms with Crippen LogP contribution in [-0.4, -0.2) is 64.6 Å². The average molecular weight is 658 g/mol. The highest BCUT2D eigenvalue weighted by molar-refractivity contribution is 6.32. The number of carbonyl (C=O) groups is 3. The van der Waals surface area contributed by atoms with E-state index in [0.717, 1.165) is 75.5 Å². The van der Waals surface area contributed by atoms with Crippen LogP contribution in [0.1, 0.15) is 118 Å². The van der Waals surface area contributed by atoms with E-state index < -0.39 is 28.7 Å². The lowest BCUT2D eigenvalue weighted by Gasteiger charge is -2.39. The first-order chi connectivity index (χ1) is 23.1. The molecule has 2 saturated carbocycles. The molecule has 1 saturated heterocycles. The van der Waals surface area contributed by atoms with Gasteiger partial charge in [0, 0.05) is 35.7 Å². The Morgan fingerprint density at radius 1 is 1.06 bits per heavy atom. The zero-order valence-electron chi connectivity index (χ0n) is 28.7. The number of hydrogen-bond acceptors (Lipinski definition) is 9. The SMILES string of the molecule is CCNC1CCC(CC)CC1COC(=O)C12OC1(CC(CO)=C(C)CC1(c3ccnc(N)c3)CCCCC1)C(=O)c1ccccc1C2=O. The molecule has 258 valence electrons. The first-order valence-corrected chi connectivity index (χ1v) is 17.9. The lowest BCUT2D eigenvalue weighted by atomic mass is 9.65. The van der Waals surface area contributed by atoms with Crippen molar-refractivity contribution in [3.8, 4) is 0 Å². The van der Waals surface area contributed by atoms with Crippen molar-refractivity contribution in [1.82, 2.24) is 10.3 Å². The molecule has 2 heterocycles. The van der Waals surface area contributed by atoms with E-state index in [2.05, 4.69) is 24.1 Å². The second kappa shape index (κ2) is 13.8. The summed E-state index contributed by atoms with van der Waals surface area (Å²) in [4.78, 5) is 46.9. The number of nitrogens with two attached hydrogens (primary N) is 1. The fraction of sp³-hybridized carbons (Fsp3) is 0.590. The number of benzene rings is 1. The summed E-state index contributed by atoms with van der Waals surface area (Å²) in [6.45, 7) is 6.87. The van der Waals surface area contributed by atoms with E-state index >= 15 is 0 Å². The Labute approximate surface area is 284 Å². The largest absolute Gasteiger partial charge is 0.463 e. The normalized spacial score (nSPS) is 29.8. The molecule has 5 unspecified atom stereocenters. The monoisotopic (exact) mass is 657 g/mol. The number of nitrogen functional groups attached to an aromatic ring is 1. The number of rotatable bonds is 12. The van der Waals surface area contributed by atoms with Crippen molar-refractivity contribution in [3.05, 3.63) is 70.4 Å². The molecule has 0 radical (unpaired) electrons. The quantitative estimate of drug-likeness (QED) is 0.110. The molecular formula is C39H51N3O6. The molecule has 1 aromatic heterocycles. The van der Waals surface area contributed by atoms with Gasteiger partial charge < -0.3 is 25.6 Å². The molecule has 48 heavy (non-hydrogen) atoms. The number of fused-ring (bicyclic) bond motifs is 2. The van der Waals surface area contributed by atoms with E-state index in [9.17, 15) is 19.5 Å². The van der Waals surface area contributed by atoms with Crippen molar-refractivity contribution in [2.24, 2.45) is 11.8 Å². The molecule has 4 aliphatic rings. The fourth-order valence-electron chi connectivity index (χ4n) is 9.08. The topological polar surface area (TPSA) is 144 Å². The zero-order chi connectivity index (χ0) is 34.1. The molecule has 2 aromatic rings. The maximum absolute atomic E-state index is 14.3. The Kier molecular flexibility index (Phi) is 9.94. The lowest BCUT2D eigenvalue weighted by molar-refractivity contribution is -0.150. The predicted octanol–water partition coefficient (Wildman–Crippen LogP) is 5.89. The van der Waals surface area contributed by atoms with Crippen molar-refractivity contribution in [1.29, 1.82) is 0 Å². The van der Waals surface area contributed by atoms with Crippen LogP contribution in [-0.2, 0) is 19.7 Å².